The summed E-state index contributed by atoms with van der Waals surface area (Å²) in [6.07, 6.45) is 2.51. The fourth-order valence-corrected chi connectivity index (χ4v) is 2.75. The molecule has 2 N–H and O–H groups in total. The third-order valence-electron chi connectivity index (χ3n) is 2.04. The van der Waals surface area contributed by atoms with Gasteiger partial charge in [0.1, 0.15) is 0 Å². The minimum Gasteiger partial charge on any atom is -0.385 e. The Kier molecular flexibility index (Phi) is 5.17. The maximum absolute atomic E-state index is 11.1. The summed E-state index contributed by atoms with van der Waals surface area (Å²) in [5.41, 5.74) is 0.657. The Morgan fingerprint density at radius 3 is 2.94 bits per heavy atom. The van der Waals surface area contributed by atoms with Gasteiger partial charge in [0.15, 0.2) is 14.9 Å². The van der Waals surface area contributed by atoms with E-state index in [1.807, 2.05) is 0 Å². The van der Waals surface area contributed by atoms with E-state index in [2.05, 4.69) is 10.6 Å². The molecule has 0 saturated carbocycles. The largest absolute Gasteiger partial charge is 0.385 e. The second-order valence-corrected chi connectivity index (χ2v) is 6.03. The molecule has 1 rings (SSSR count). The van der Waals surface area contributed by atoms with Gasteiger partial charge in [-0.3, -0.25) is 0 Å². The van der Waals surface area contributed by atoms with Gasteiger partial charge >= 0.3 is 0 Å². The van der Waals surface area contributed by atoms with E-state index in [0.717, 1.165) is 6.42 Å². The Bertz CT molecular complexity index is 376. The average Bonchev–Trinajstić information content (AvgIpc) is 2.53. The molecule has 0 aromatic heterocycles. The molecule has 0 aromatic rings. The first kappa shape index (κ1) is 13.4. The summed E-state index contributed by atoms with van der Waals surface area (Å²) in [4.78, 5) is 0. The summed E-state index contributed by atoms with van der Waals surface area (Å²) >= 11 is 5.02. The molecule has 0 spiro atoms. The van der Waals surface area contributed by atoms with Crippen molar-refractivity contribution in [2.45, 2.75) is 6.42 Å². The molecule has 1 aliphatic rings. The molecule has 0 aliphatic carbocycles. The molecule has 0 aromatic carbocycles. The summed E-state index contributed by atoms with van der Waals surface area (Å²) in [5, 5.41) is 6.31. The van der Waals surface area contributed by atoms with Crippen molar-refractivity contribution in [3.8, 4) is 0 Å². The third kappa shape index (κ3) is 4.91. The van der Waals surface area contributed by atoms with E-state index in [-0.39, 0.29) is 11.5 Å². The third-order valence-corrected chi connectivity index (χ3v) is 3.72. The number of nitrogens with one attached hydrogen (secondary N) is 2. The van der Waals surface area contributed by atoms with Gasteiger partial charge in [0, 0.05) is 26.0 Å². The summed E-state index contributed by atoms with van der Waals surface area (Å²) in [7, 11) is -1.29. The van der Waals surface area contributed by atoms with E-state index in [1.165, 1.54) is 0 Å². The van der Waals surface area contributed by atoms with Gasteiger partial charge in [-0.2, -0.15) is 0 Å². The Morgan fingerprint density at radius 1 is 1.62 bits per heavy atom. The molecule has 92 valence electrons. The molecule has 5 nitrogen and oxygen atoms in total. The highest BCUT2D eigenvalue weighted by Gasteiger charge is 2.19. The zero-order chi connectivity index (χ0) is 12.0. The highest BCUT2D eigenvalue weighted by atomic mass is 32.2. The highest BCUT2D eigenvalue weighted by molar-refractivity contribution is 7.92. The van der Waals surface area contributed by atoms with Gasteiger partial charge in [0.05, 0.1) is 11.5 Å². The van der Waals surface area contributed by atoms with Crippen molar-refractivity contribution in [1.29, 1.82) is 0 Å². The Balaban J connectivity index is 2.20. The van der Waals surface area contributed by atoms with Crippen LogP contribution in [0.3, 0.4) is 0 Å². The summed E-state index contributed by atoms with van der Waals surface area (Å²) < 4.78 is 27.2. The van der Waals surface area contributed by atoms with Crippen molar-refractivity contribution in [3.05, 3.63) is 11.8 Å². The van der Waals surface area contributed by atoms with Gasteiger partial charge in [0.2, 0.25) is 0 Å². The van der Waals surface area contributed by atoms with E-state index in [1.54, 1.807) is 13.2 Å². The first-order valence-corrected chi connectivity index (χ1v) is 7.20. The van der Waals surface area contributed by atoms with Crippen LogP contribution in [0.15, 0.2) is 11.8 Å². The highest BCUT2D eigenvalue weighted by Crippen LogP contribution is 2.07. The van der Waals surface area contributed by atoms with E-state index in [9.17, 15) is 8.42 Å². The zero-order valence-electron chi connectivity index (χ0n) is 9.15. The quantitative estimate of drug-likeness (QED) is 0.529. The second kappa shape index (κ2) is 6.17. The fraction of sp³-hybridized carbons (Fsp3) is 0.667. The smallest absolute Gasteiger partial charge is 0.170 e. The number of hydrogen-bond acceptors (Lipinski definition) is 4. The normalized spacial score (nSPS) is 17.9. The van der Waals surface area contributed by atoms with Crippen molar-refractivity contribution >= 4 is 27.2 Å². The molecule has 16 heavy (non-hydrogen) atoms. The van der Waals surface area contributed by atoms with E-state index >= 15 is 0 Å². The van der Waals surface area contributed by atoms with Gasteiger partial charge in [-0.15, -0.1) is 0 Å². The van der Waals surface area contributed by atoms with E-state index < -0.39 is 9.84 Å². The fourth-order valence-electron chi connectivity index (χ4n) is 1.28. The SMILES string of the molecule is COCCCNC(=S)NC1=CCS(=O)(=O)C1. The Morgan fingerprint density at radius 2 is 2.38 bits per heavy atom. The molecule has 0 fully saturated rings. The van der Waals surface area contributed by atoms with Gasteiger partial charge in [-0.1, -0.05) is 0 Å². The summed E-state index contributed by atoms with van der Waals surface area (Å²) in [6.45, 7) is 1.38. The predicted molar refractivity (Wildman–Crippen MR) is 67.0 cm³/mol. The number of thiocarbonyl (C=S) groups is 1. The minimum atomic E-state index is -2.93. The van der Waals surface area contributed by atoms with Gasteiger partial charge < -0.3 is 15.4 Å². The van der Waals surface area contributed by atoms with E-state index in [4.69, 9.17) is 17.0 Å². The molecule has 7 heteroatoms. The lowest BCUT2D eigenvalue weighted by Gasteiger charge is -2.10. The monoisotopic (exact) mass is 264 g/mol. The van der Waals surface area contributed by atoms with Crippen LogP contribution in [0.1, 0.15) is 6.42 Å². The Labute approximate surface area is 101 Å². The van der Waals surface area contributed by atoms with Crippen molar-refractivity contribution in [2.75, 3.05) is 31.8 Å². The predicted octanol–water partition coefficient (Wildman–Crippen LogP) is -0.201. The van der Waals surface area contributed by atoms with Crippen LogP contribution in [-0.4, -0.2) is 45.3 Å². The maximum atomic E-state index is 11.1. The number of sulfone groups is 1. The number of rotatable bonds is 5. The summed E-state index contributed by atoms with van der Waals surface area (Å²) in [6, 6.07) is 0. The maximum Gasteiger partial charge on any atom is 0.170 e. The molecule has 0 atom stereocenters. The lowest BCUT2D eigenvalue weighted by molar-refractivity contribution is 0.195. The lowest BCUT2D eigenvalue weighted by Crippen LogP contribution is -2.36. The Hall–Kier alpha value is -0.660. The molecule has 1 aliphatic heterocycles. The minimum absolute atomic E-state index is 0.0485. The first-order chi connectivity index (χ1) is 7.53. The molecule has 0 radical (unpaired) electrons. The molecular formula is C9H16N2O3S2. The van der Waals surface area contributed by atoms with Gasteiger partial charge in [-0.25, -0.2) is 8.42 Å². The molecule has 0 saturated heterocycles. The van der Waals surface area contributed by atoms with E-state index in [0.29, 0.717) is 24.0 Å². The van der Waals surface area contributed by atoms with Crippen LogP contribution in [-0.2, 0) is 14.6 Å². The van der Waals surface area contributed by atoms with Crippen molar-refractivity contribution in [1.82, 2.24) is 10.6 Å². The average molecular weight is 264 g/mol. The van der Waals surface area contributed by atoms with Crippen molar-refractivity contribution < 1.29 is 13.2 Å². The molecule has 0 amide bonds. The molecule has 0 unspecified atom stereocenters. The van der Waals surface area contributed by atoms with Crippen LogP contribution in [0.5, 0.6) is 0 Å². The lowest BCUT2D eigenvalue weighted by atomic mass is 10.4. The van der Waals surface area contributed by atoms with Crippen LogP contribution >= 0.6 is 12.2 Å². The van der Waals surface area contributed by atoms with Gasteiger partial charge in [0.25, 0.3) is 0 Å². The first-order valence-electron chi connectivity index (χ1n) is 4.97. The topological polar surface area (TPSA) is 67.4 Å². The van der Waals surface area contributed by atoms with Crippen molar-refractivity contribution in [3.63, 3.8) is 0 Å². The number of ether oxygens (including phenoxy) is 1. The molecule has 1 heterocycles. The van der Waals surface area contributed by atoms with Crippen LogP contribution in [0.2, 0.25) is 0 Å². The number of hydrogen-bond donors (Lipinski definition) is 2. The number of methoxy groups -OCH3 is 1. The van der Waals surface area contributed by atoms with Crippen molar-refractivity contribution in [2.24, 2.45) is 0 Å². The molecular weight excluding hydrogens is 248 g/mol. The van der Waals surface area contributed by atoms with Crippen LogP contribution in [0.25, 0.3) is 0 Å². The summed E-state index contributed by atoms with van der Waals surface area (Å²) in [5.74, 6) is 0.147. The molecule has 0 bridgehead atoms. The van der Waals surface area contributed by atoms with Crippen LogP contribution < -0.4 is 10.6 Å². The zero-order valence-corrected chi connectivity index (χ0v) is 10.8. The van der Waals surface area contributed by atoms with Crippen LogP contribution in [0, 0.1) is 0 Å². The second-order valence-electron chi connectivity index (χ2n) is 3.51. The van der Waals surface area contributed by atoms with Crippen LogP contribution in [0.4, 0.5) is 0 Å². The van der Waals surface area contributed by atoms with Gasteiger partial charge in [-0.05, 0) is 24.7 Å². The standard InChI is InChI=1S/C9H16N2O3S2/c1-14-5-2-4-10-9(15)11-8-3-6-16(12,13)7-8/h3H,2,4-7H2,1H3,(H2,10,11,15).